The second-order valence-corrected chi connectivity index (χ2v) is 8.31. The van der Waals surface area contributed by atoms with E-state index in [1.807, 2.05) is 4.90 Å². The van der Waals surface area contributed by atoms with E-state index in [9.17, 15) is 18.6 Å². The SMILES string of the molecule is CC(CO)(CO)CN1CCSCC1S(C)(=O)=O. The molecular formula is C10H21NO4S2. The second kappa shape index (κ2) is 5.88. The van der Waals surface area contributed by atoms with Crippen LogP contribution < -0.4 is 0 Å². The Balaban J connectivity index is 2.79. The van der Waals surface area contributed by atoms with Crippen molar-refractivity contribution in [3.63, 3.8) is 0 Å². The number of sulfone groups is 1. The van der Waals surface area contributed by atoms with Crippen LogP contribution in [0.5, 0.6) is 0 Å². The van der Waals surface area contributed by atoms with E-state index in [0.29, 0.717) is 18.8 Å². The highest BCUT2D eigenvalue weighted by atomic mass is 32.2. The van der Waals surface area contributed by atoms with Crippen LogP contribution in [0.15, 0.2) is 0 Å². The summed E-state index contributed by atoms with van der Waals surface area (Å²) in [5.41, 5.74) is -0.648. The summed E-state index contributed by atoms with van der Waals surface area (Å²) in [6.07, 6.45) is 1.24. The molecule has 1 atom stereocenters. The average Bonchev–Trinajstić information content (AvgIpc) is 2.28. The molecule has 102 valence electrons. The van der Waals surface area contributed by atoms with Crippen LogP contribution in [-0.2, 0) is 9.84 Å². The molecule has 0 aromatic heterocycles. The van der Waals surface area contributed by atoms with Crippen LogP contribution in [0.1, 0.15) is 6.92 Å². The first kappa shape index (κ1) is 15.2. The van der Waals surface area contributed by atoms with Gasteiger partial charge in [0.05, 0.1) is 13.2 Å². The van der Waals surface area contributed by atoms with Crippen molar-refractivity contribution in [3.8, 4) is 0 Å². The number of hydrogen-bond acceptors (Lipinski definition) is 6. The van der Waals surface area contributed by atoms with Gasteiger partial charge in [0.1, 0.15) is 5.37 Å². The summed E-state index contributed by atoms with van der Waals surface area (Å²) in [7, 11) is -3.12. The van der Waals surface area contributed by atoms with Crippen LogP contribution in [0.25, 0.3) is 0 Å². The summed E-state index contributed by atoms with van der Waals surface area (Å²) in [5.74, 6) is 1.45. The van der Waals surface area contributed by atoms with E-state index >= 15 is 0 Å². The molecule has 0 aromatic carbocycles. The highest BCUT2D eigenvalue weighted by Crippen LogP contribution is 2.25. The van der Waals surface area contributed by atoms with Gasteiger partial charge in [-0.2, -0.15) is 11.8 Å². The smallest absolute Gasteiger partial charge is 0.164 e. The minimum absolute atomic E-state index is 0.149. The molecule has 0 saturated carbocycles. The quantitative estimate of drug-likeness (QED) is 0.701. The molecule has 0 amide bonds. The van der Waals surface area contributed by atoms with Gasteiger partial charge in [0.25, 0.3) is 0 Å². The molecule has 1 unspecified atom stereocenters. The largest absolute Gasteiger partial charge is 0.396 e. The standard InChI is InChI=1S/C10H21NO4S2/c1-10(7-12,8-13)6-11-3-4-16-5-9(11)17(2,14)15/h9,12-13H,3-8H2,1-2H3. The number of thioether (sulfide) groups is 1. The fraction of sp³-hybridized carbons (Fsp3) is 1.00. The summed E-state index contributed by atoms with van der Waals surface area (Å²) in [5, 5.41) is 18.0. The molecule has 0 aromatic rings. The van der Waals surface area contributed by atoms with Crippen molar-refractivity contribution in [1.29, 1.82) is 0 Å². The number of nitrogens with zero attached hydrogens (tertiary/aromatic N) is 1. The van der Waals surface area contributed by atoms with Crippen molar-refractivity contribution in [1.82, 2.24) is 4.90 Å². The Labute approximate surface area is 107 Å². The molecule has 7 heteroatoms. The highest BCUT2D eigenvalue weighted by molar-refractivity contribution is 8.00. The van der Waals surface area contributed by atoms with E-state index in [-0.39, 0.29) is 13.2 Å². The van der Waals surface area contributed by atoms with Crippen molar-refractivity contribution < 1.29 is 18.6 Å². The number of aliphatic hydroxyl groups excluding tert-OH is 2. The first-order chi connectivity index (χ1) is 7.82. The summed E-state index contributed by atoms with van der Waals surface area (Å²) < 4.78 is 23.4. The molecular weight excluding hydrogens is 262 g/mol. The van der Waals surface area contributed by atoms with Crippen LogP contribution >= 0.6 is 11.8 Å². The summed E-state index contributed by atoms with van der Waals surface area (Å²) in [6.45, 7) is 2.54. The van der Waals surface area contributed by atoms with Gasteiger partial charge in [0.15, 0.2) is 9.84 Å². The summed E-state index contributed by atoms with van der Waals surface area (Å²) in [6, 6.07) is 0. The van der Waals surface area contributed by atoms with Crippen molar-refractivity contribution in [2.45, 2.75) is 12.3 Å². The van der Waals surface area contributed by atoms with Crippen molar-refractivity contribution >= 4 is 21.6 Å². The summed E-state index contributed by atoms with van der Waals surface area (Å²) >= 11 is 1.63. The van der Waals surface area contributed by atoms with Crippen LogP contribution in [-0.4, -0.2) is 73.0 Å². The number of hydrogen-bond donors (Lipinski definition) is 2. The van der Waals surface area contributed by atoms with Gasteiger partial charge in [0.2, 0.25) is 0 Å². The zero-order chi connectivity index (χ0) is 13.1. The lowest BCUT2D eigenvalue weighted by atomic mass is 9.92. The molecule has 2 N–H and O–H groups in total. The van der Waals surface area contributed by atoms with Gasteiger partial charge in [-0.1, -0.05) is 6.92 Å². The fourth-order valence-corrected chi connectivity index (χ4v) is 4.77. The van der Waals surface area contributed by atoms with Gasteiger partial charge in [-0.25, -0.2) is 8.42 Å². The molecule has 0 radical (unpaired) electrons. The van der Waals surface area contributed by atoms with Crippen LogP contribution in [0.4, 0.5) is 0 Å². The Kier molecular flexibility index (Phi) is 5.27. The Morgan fingerprint density at radius 2 is 2.00 bits per heavy atom. The Morgan fingerprint density at radius 3 is 2.47 bits per heavy atom. The topological polar surface area (TPSA) is 77.8 Å². The molecule has 0 aliphatic carbocycles. The molecule has 5 nitrogen and oxygen atoms in total. The third-order valence-corrected chi connectivity index (χ3v) is 5.72. The second-order valence-electron chi connectivity index (χ2n) is 4.96. The van der Waals surface area contributed by atoms with Crippen molar-refractivity contribution in [3.05, 3.63) is 0 Å². The van der Waals surface area contributed by atoms with E-state index in [0.717, 1.165) is 5.75 Å². The van der Waals surface area contributed by atoms with E-state index in [4.69, 9.17) is 0 Å². The molecule has 1 aliphatic rings. The Hall–Kier alpha value is 0.180. The molecule has 0 bridgehead atoms. The van der Waals surface area contributed by atoms with Gasteiger partial charge in [-0.15, -0.1) is 0 Å². The fourth-order valence-electron chi connectivity index (χ4n) is 1.83. The highest BCUT2D eigenvalue weighted by Gasteiger charge is 2.35. The minimum atomic E-state index is -3.12. The lowest BCUT2D eigenvalue weighted by Gasteiger charge is -2.39. The maximum atomic E-state index is 11.7. The van der Waals surface area contributed by atoms with E-state index < -0.39 is 20.6 Å². The predicted molar refractivity (Wildman–Crippen MR) is 69.8 cm³/mol. The molecule has 1 heterocycles. The number of rotatable bonds is 5. The Morgan fingerprint density at radius 1 is 1.41 bits per heavy atom. The lowest BCUT2D eigenvalue weighted by molar-refractivity contribution is 0.0339. The first-order valence-electron chi connectivity index (χ1n) is 5.55. The van der Waals surface area contributed by atoms with Crippen molar-refractivity contribution in [2.75, 3.05) is 44.1 Å². The molecule has 1 fully saturated rings. The van der Waals surface area contributed by atoms with Crippen LogP contribution in [0.3, 0.4) is 0 Å². The van der Waals surface area contributed by atoms with Crippen molar-refractivity contribution in [2.24, 2.45) is 5.41 Å². The third-order valence-electron chi connectivity index (χ3n) is 3.03. The lowest BCUT2D eigenvalue weighted by Crippen LogP contribution is -2.52. The third kappa shape index (κ3) is 4.10. The van der Waals surface area contributed by atoms with Gasteiger partial charge in [-0.3, -0.25) is 4.90 Å². The molecule has 1 aliphatic heterocycles. The van der Waals surface area contributed by atoms with Gasteiger partial charge >= 0.3 is 0 Å². The van der Waals surface area contributed by atoms with E-state index in [2.05, 4.69) is 0 Å². The molecule has 0 spiro atoms. The zero-order valence-electron chi connectivity index (χ0n) is 10.3. The van der Waals surface area contributed by atoms with Gasteiger partial charge < -0.3 is 10.2 Å². The van der Waals surface area contributed by atoms with Crippen LogP contribution in [0.2, 0.25) is 0 Å². The average molecular weight is 283 g/mol. The summed E-state index contributed by atoms with van der Waals surface area (Å²) in [4.78, 5) is 1.86. The predicted octanol–water partition coefficient (Wildman–Crippen LogP) is -0.603. The Bertz CT molecular complexity index is 340. The van der Waals surface area contributed by atoms with Gasteiger partial charge in [-0.05, 0) is 0 Å². The normalized spacial score (nSPS) is 23.9. The monoisotopic (exact) mass is 283 g/mol. The molecule has 1 saturated heterocycles. The molecule has 17 heavy (non-hydrogen) atoms. The zero-order valence-corrected chi connectivity index (χ0v) is 11.9. The number of aliphatic hydroxyl groups is 2. The van der Waals surface area contributed by atoms with Crippen LogP contribution in [0, 0.1) is 5.41 Å². The van der Waals surface area contributed by atoms with Gasteiger partial charge in [0, 0.05) is 36.3 Å². The van der Waals surface area contributed by atoms with E-state index in [1.54, 1.807) is 18.7 Å². The minimum Gasteiger partial charge on any atom is -0.396 e. The maximum Gasteiger partial charge on any atom is 0.164 e. The molecule has 1 rings (SSSR count). The van der Waals surface area contributed by atoms with E-state index in [1.165, 1.54) is 6.26 Å². The maximum absolute atomic E-state index is 11.7. The first-order valence-corrected chi connectivity index (χ1v) is 8.66.